The smallest absolute Gasteiger partial charge is 0.129 e. The fourth-order valence-corrected chi connectivity index (χ4v) is 2.76. The normalized spacial score (nSPS) is 15.4. The summed E-state index contributed by atoms with van der Waals surface area (Å²) >= 11 is 6.36. The molecule has 0 saturated heterocycles. The first-order valence-electron chi connectivity index (χ1n) is 6.63. The van der Waals surface area contributed by atoms with Crippen LogP contribution in [-0.2, 0) is 0 Å². The molecule has 0 unspecified atom stereocenters. The van der Waals surface area contributed by atoms with E-state index in [1.807, 2.05) is 18.5 Å². The number of hydrogen-bond acceptors (Lipinski definition) is 1. The van der Waals surface area contributed by atoms with Crippen LogP contribution in [0.5, 0.6) is 0 Å². The molecule has 1 saturated carbocycles. The second kappa shape index (κ2) is 4.40. The molecule has 0 atom stereocenters. The summed E-state index contributed by atoms with van der Waals surface area (Å²) in [6.07, 6.45) is 4.43. The van der Waals surface area contributed by atoms with Gasteiger partial charge in [0.25, 0.3) is 0 Å². The van der Waals surface area contributed by atoms with Crippen molar-refractivity contribution in [3.05, 3.63) is 29.0 Å². The van der Waals surface area contributed by atoms with E-state index in [-0.39, 0.29) is 0 Å². The molecule has 0 aliphatic heterocycles. The molecule has 1 aliphatic carbocycles. The van der Waals surface area contributed by atoms with Crippen LogP contribution in [0.4, 0.5) is 0 Å². The molecule has 1 aliphatic rings. The standard InChI is InChI=1S/C15H17ClN2Si/c1-19(2,3)7-6-11-8-14-15(9-13(11)16)18(10-17-14)12-4-5-12/h8-10,12H,4-5H2,1-3H3. The molecule has 4 heteroatoms. The summed E-state index contributed by atoms with van der Waals surface area (Å²) in [4.78, 5) is 4.47. The van der Waals surface area contributed by atoms with Crippen LogP contribution in [0.2, 0.25) is 24.7 Å². The summed E-state index contributed by atoms with van der Waals surface area (Å²) in [5, 5.41) is 0.737. The lowest BCUT2D eigenvalue weighted by Crippen LogP contribution is -2.16. The number of rotatable bonds is 1. The van der Waals surface area contributed by atoms with Gasteiger partial charge >= 0.3 is 0 Å². The lowest BCUT2D eigenvalue weighted by atomic mass is 10.2. The minimum absolute atomic E-state index is 0.625. The third-order valence-electron chi connectivity index (χ3n) is 3.18. The maximum atomic E-state index is 6.36. The zero-order valence-corrected chi connectivity index (χ0v) is 13.3. The Morgan fingerprint density at radius 2 is 2.05 bits per heavy atom. The maximum Gasteiger partial charge on any atom is 0.129 e. The van der Waals surface area contributed by atoms with E-state index >= 15 is 0 Å². The van der Waals surface area contributed by atoms with E-state index in [0.717, 1.165) is 21.6 Å². The number of benzene rings is 1. The number of halogens is 1. The van der Waals surface area contributed by atoms with E-state index in [0.29, 0.717) is 6.04 Å². The molecule has 1 heterocycles. The highest BCUT2D eigenvalue weighted by Crippen LogP contribution is 2.37. The van der Waals surface area contributed by atoms with Crippen LogP contribution in [0, 0.1) is 11.5 Å². The van der Waals surface area contributed by atoms with E-state index < -0.39 is 8.07 Å². The Morgan fingerprint density at radius 1 is 1.32 bits per heavy atom. The molecule has 98 valence electrons. The predicted octanol–water partition coefficient (Wildman–Crippen LogP) is 4.25. The minimum Gasteiger partial charge on any atom is -0.327 e. The summed E-state index contributed by atoms with van der Waals surface area (Å²) in [6, 6.07) is 4.65. The largest absolute Gasteiger partial charge is 0.327 e. The van der Waals surface area contributed by atoms with Gasteiger partial charge in [0, 0.05) is 11.6 Å². The number of nitrogens with zero attached hydrogens (tertiary/aromatic N) is 2. The highest BCUT2D eigenvalue weighted by molar-refractivity contribution is 6.83. The monoisotopic (exact) mass is 288 g/mol. The molecule has 0 amide bonds. The molecule has 19 heavy (non-hydrogen) atoms. The van der Waals surface area contributed by atoms with Crippen molar-refractivity contribution in [2.75, 3.05) is 0 Å². The van der Waals surface area contributed by atoms with E-state index in [2.05, 4.69) is 40.7 Å². The van der Waals surface area contributed by atoms with Gasteiger partial charge in [-0.3, -0.25) is 0 Å². The summed E-state index contributed by atoms with van der Waals surface area (Å²) in [5.74, 6) is 3.23. The Kier molecular flexibility index (Phi) is 2.96. The Labute approximate surface area is 119 Å². The predicted molar refractivity (Wildman–Crippen MR) is 83.2 cm³/mol. The summed E-state index contributed by atoms with van der Waals surface area (Å²) < 4.78 is 2.23. The zero-order chi connectivity index (χ0) is 13.6. The first kappa shape index (κ1) is 12.8. The third-order valence-corrected chi connectivity index (χ3v) is 4.36. The van der Waals surface area contributed by atoms with Crippen molar-refractivity contribution in [1.29, 1.82) is 0 Å². The molecule has 0 spiro atoms. The molecule has 1 aromatic carbocycles. The second-order valence-electron chi connectivity index (χ2n) is 6.20. The molecule has 0 N–H and O–H groups in total. The lowest BCUT2D eigenvalue weighted by molar-refractivity contribution is 0.766. The van der Waals surface area contributed by atoms with Crippen LogP contribution in [0.3, 0.4) is 0 Å². The fourth-order valence-electron chi connectivity index (χ4n) is 2.04. The van der Waals surface area contributed by atoms with Gasteiger partial charge < -0.3 is 4.57 Å². The number of aromatic nitrogens is 2. The quantitative estimate of drug-likeness (QED) is 0.566. The number of imidazole rings is 1. The van der Waals surface area contributed by atoms with Crippen molar-refractivity contribution in [1.82, 2.24) is 9.55 Å². The molecule has 0 bridgehead atoms. The Hall–Kier alpha value is -1.24. The van der Waals surface area contributed by atoms with E-state index in [1.54, 1.807) is 0 Å². The topological polar surface area (TPSA) is 17.8 Å². The van der Waals surface area contributed by atoms with Crippen molar-refractivity contribution in [2.45, 2.75) is 38.5 Å². The van der Waals surface area contributed by atoms with Gasteiger partial charge in [-0.2, -0.15) is 0 Å². The molecule has 2 aromatic rings. The lowest BCUT2D eigenvalue weighted by Gasteiger charge is -2.05. The Bertz CT molecular complexity index is 696. The van der Waals surface area contributed by atoms with Crippen molar-refractivity contribution in [3.63, 3.8) is 0 Å². The molecule has 0 radical (unpaired) electrons. The highest BCUT2D eigenvalue weighted by Gasteiger charge is 2.25. The van der Waals surface area contributed by atoms with Gasteiger partial charge in [-0.05, 0) is 25.0 Å². The minimum atomic E-state index is -1.38. The van der Waals surface area contributed by atoms with Gasteiger partial charge in [0.05, 0.1) is 22.4 Å². The van der Waals surface area contributed by atoms with E-state index in [4.69, 9.17) is 11.6 Å². The SMILES string of the molecule is C[Si](C)(C)C#Cc1cc2ncn(C3CC3)c2cc1Cl. The second-order valence-corrected chi connectivity index (χ2v) is 11.4. The van der Waals surface area contributed by atoms with Gasteiger partial charge in [0.15, 0.2) is 0 Å². The summed E-state index contributed by atoms with van der Waals surface area (Å²) in [5.41, 5.74) is 6.38. The van der Waals surface area contributed by atoms with Gasteiger partial charge in [-0.1, -0.05) is 37.2 Å². The van der Waals surface area contributed by atoms with Crippen LogP contribution >= 0.6 is 11.6 Å². The van der Waals surface area contributed by atoms with Crippen molar-refractivity contribution in [2.24, 2.45) is 0 Å². The van der Waals surface area contributed by atoms with Gasteiger partial charge in [-0.15, -0.1) is 5.54 Å². The van der Waals surface area contributed by atoms with Crippen molar-refractivity contribution in [3.8, 4) is 11.5 Å². The van der Waals surface area contributed by atoms with Crippen LogP contribution < -0.4 is 0 Å². The molecular weight excluding hydrogens is 272 g/mol. The van der Waals surface area contributed by atoms with Gasteiger partial charge in [0.1, 0.15) is 8.07 Å². The van der Waals surface area contributed by atoms with E-state index in [1.165, 1.54) is 12.8 Å². The van der Waals surface area contributed by atoms with Crippen molar-refractivity contribution < 1.29 is 0 Å². The Morgan fingerprint density at radius 3 is 2.68 bits per heavy atom. The zero-order valence-electron chi connectivity index (χ0n) is 11.5. The summed E-state index contributed by atoms with van der Waals surface area (Å²) in [6.45, 7) is 6.69. The number of hydrogen-bond donors (Lipinski definition) is 0. The summed E-state index contributed by atoms with van der Waals surface area (Å²) in [7, 11) is -1.38. The first-order chi connectivity index (χ1) is 8.94. The molecule has 3 rings (SSSR count). The molecule has 1 fully saturated rings. The van der Waals surface area contributed by atoms with Crippen molar-refractivity contribution >= 4 is 30.7 Å². The number of fused-ring (bicyclic) bond motifs is 1. The molecular formula is C15H17ClN2Si. The van der Waals surface area contributed by atoms with Gasteiger partial charge in [0.2, 0.25) is 0 Å². The average Bonchev–Trinajstić information content (AvgIpc) is 3.07. The van der Waals surface area contributed by atoms with Crippen LogP contribution in [-0.4, -0.2) is 17.6 Å². The first-order valence-corrected chi connectivity index (χ1v) is 10.5. The third kappa shape index (κ3) is 2.70. The maximum absolute atomic E-state index is 6.36. The van der Waals surface area contributed by atoms with Gasteiger partial charge in [-0.25, -0.2) is 4.98 Å². The van der Waals surface area contributed by atoms with Crippen LogP contribution in [0.15, 0.2) is 18.5 Å². The van der Waals surface area contributed by atoms with Crippen LogP contribution in [0.25, 0.3) is 11.0 Å². The highest BCUT2D eigenvalue weighted by atomic mass is 35.5. The molecule has 1 aromatic heterocycles. The van der Waals surface area contributed by atoms with Crippen LogP contribution in [0.1, 0.15) is 24.4 Å². The Balaban J connectivity index is 2.07. The average molecular weight is 289 g/mol. The molecule has 2 nitrogen and oxygen atoms in total. The van der Waals surface area contributed by atoms with E-state index in [9.17, 15) is 0 Å². The fraction of sp³-hybridized carbons (Fsp3) is 0.400.